The van der Waals surface area contributed by atoms with Gasteiger partial charge in [-0.25, -0.2) is 0 Å². The van der Waals surface area contributed by atoms with Crippen molar-refractivity contribution >= 4 is 17.9 Å². The standard InChI is InChI=1S/C10H24N2.C6H9NO6.Co/c1-5-11(6-2)9-10-12(7-3)8-4;8-4(9)1-7(2-5(10)11)3-6(12)13;/h5-10H2,1-4H3;1-3H2,(H,8,9)(H,10,11)(H,12,13);. The molecule has 10 heteroatoms. The second-order valence-corrected chi connectivity index (χ2v) is 5.38. The van der Waals surface area contributed by atoms with E-state index in [1.54, 1.807) is 0 Å². The van der Waals surface area contributed by atoms with Crippen molar-refractivity contribution in [2.24, 2.45) is 0 Å². The monoisotopic (exact) mass is 422 g/mol. The van der Waals surface area contributed by atoms with Crippen LogP contribution in [0.15, 0.2) is 0 Å². The number of aliphatic carboxylic acids is 3. The van der Waals surface area contributed by atoms with Crippen molar-refractivity contribution in [3.05, 3.63) is 0 Å². The molecular weight excluding hydrogens is 389 g/mol. The van der Waals surface area contributed by atoms with Gasteiger partial charge >= 0.3 is 17.9 Å². The summed E-state index contributed by atoms with van der Waals surface area (Å²) in [5.74, 6) is -3.78. The molecule has 0 unspecified atom stereocenters. The van der Waals surface area contributed by atoms with Gasteiger partial charge in [-0.1, -0.05) is 27.7 Å². The number of hydrogen-bond donors (Lipinski definition) is 3. The molecule has 9 nitrogen and oxygen atoms in total. The number of carbonyl (C=O) groups is 3. The predicted octanol–water partition coefficient (Wildman–Crippen LogP) is 0.210. The van der Waals surface area contributed by atoms with Crippen LogP contribution in [0.4, 0.5) is 0 Å². The summed E-state index contributed by atoms with van der Waals surface area (Å²) in [5.41, 5.74) is 0. The third kappa shape index (κ3) is 19.1. The van der Waals surface area contributed by atoms with Crippen LogP contribution in [-0.2, 0) is 31.2 Å². The molecule has 157 valence electrons. The normalized spacial score (nSPS) is 10.3. The van der Waals surface area contributed by atoms with Crippen LogP contribution in [-0.4, -0.2) is 107 Å². The van der Waals surface area contributed by atoms with E-state index in [0.29, 0.717) is 0 Å². The molecule has 0 heterocycles. The Morgan fingerprint density at radius 1 is 0.577 bits per heavy atom. The van der Waals surface area contributed by atoms with Crippen molar-refractivity contribution in [2.45, 2.75) is 27.7 Å². The van der Waals surface area contributed by atoms with E-state index in [-0.39, 0.29) is 16.8 Å². The Hall–Kier alpha value is -1.20. The number of carboxylic acids is 3. The van der Waals surface area contributed by atoms with Gasteiger partial charge in [-0.05, 0) is 26.2 Å². The minimum absolute atomic E-state index is 0. The SMILES string of the molecule is CCN(CC)CCN(CC)CC.O=C(O)CN(CC(=O)O)CC(=O)O.[Co]. The molecule has 0 bridgehead atoms. The maximum Gasteiger partial charge on any atom is 0.317 e. The van der Waals surface area contributed by atoms with Gasteiger partial charge in [-0.15, -0.1) is 0 Å². The number of carboxylic acid groups (broad SMARTS) is 3. The smallest absolute Gasteiger partial charge is 0.317 e. The molecule has 26 heavy (non-hydrogen) atoms. The Labute approximate surface area is 166 Å². The average Bonchev–Trinajstić information content (AvgIpc) is 2.50. The topological polar surface area (TPSA) is 122 Å². The molecule has 0 aliphatic rings. The maximum absolute atomic E-state index is 10.1. The fraction of sp³-hybridized carbons (Fsp3) is 0.812. The Balaban J connectivity index is -0.000000393. The molecule has 0 rings (SSSR count). The Kier molecular flexibility index (Phi) is 21.1. The molecule has 0 saturated heterocycles. The molecule has 0 aromatic carbocycles. The van der Waals surface area contributed by atoms with Gasteiger partial charge in [-0.3, -0.25) is 19.3 Å². The van der Waals surface area contributed by atoms with E-state index in [1.807, 2.05) is 0 Å². The molecule has 0 aliphatic carbocycles. The molecular formula is C16H33CoN3O6. The minimum atomic E-state index is -1.26. The van der Waals surface area contributed by atoms with Crippen LogP contribution in [0.3, 0.4) is 0 Å². The first kappa shape index (κ1) is 29.6. The van der Waals surface area contributed by atoms with E-state index in [4.69, 9.17) is 15.3 Å². The van der Waals surface area contributed by atoms with Crippen molar-refractivity contribution < 1.29 is 46.5 Å². The Bertz CT molecular complexity index is 340. The van der Waals surface area contributed by atoms with E-state index in [2.05, 4.69) is 37.5 Å². The second-order valence-electron chi connectivity index (χ2n) is 5.38. The molecule has 0 aromatic heterocycles. The molecule has 3 N–H and O–H groups in total. The fourth-order valence-electron chi connectivity index (χ4n) is 2.10. The van der Waals surface area contributed by atoms with Gasteiger partial charge in [0.15, 0.2) is 0 Å². The van der Waals surface area contributed by atoms with Crippen molar-refractivity contribution in [1.82, 2.24) is 14.7 Å². The number of hydrogen-bond acceptors (Lipinski definition) is 6. The molecule has 0 spiro atoms. The van der Waals surface area contributed by atoms with E-state index >= 15 is 0 Å². The zero-order valence-corrected chi connectivity index (χ0v) is 17.1. The summed E-state index contributed by atoms with van der Waals surface area (Å²) < 4.78 is 0. The third-order valence-electron chi connectivity index (χ3n) is 3.60. The van der Waals surface area contributed by atoms with Gasteiger partial charge in [0.25, 0.3) is 0 Å². The quantitative estimate of drug-likeness (QED) is 0.382. The summed E-state index contributed by atoms with van der Waals surface area (Å²) in [5, 5.41) is 24.8. The van der Waals surface area contributed by atoms with Crippen LogP contribution in [0.2, 0.25) is 0 Å². The van der Waals surface area contributed by atoms with E-state index in [0.717, 1.165) is 4.90 Å². The van der Waals surface area contributed by atoms with E-state index in [9.17, 15) is 14.4 Å². The van der Waals surface area contributed by atoms with E-state index in [1.165, 1.54) is 39.3 Å². The van der Waals surface area contributed by atoms with Gasteiger partial charge in [-0.2, -0.15) is 0 Å². The molecule has 0 aliphatic heterocycles. The van der Waals surface area contributed by atoms with Crippen molar-refractivity contribution in [3.63, 3.8) is 0 Å². The first-order valence-electron chi connectivity index (χ1n) is 8.52. The van der Waals surface area contributed by atoms with Crippen LogP contribution < -0.4 is 0 Å². The predicted molar refractivity (Wildman–Crippen MR) is 94.9 cm³/mol. The van der Waals surface area contributed by atoms with Crippen LogP contribution in [0.1, 0.15) is 27.7 Å². The number of likely N-dealkylation sites (N-methyl/N-ethyl adjacent to an activating group) is 2. The van der Waals surface area contributed by atoms with Gasteiger partial charge in [0.1, 0.15) is 0 Å². The summed E-state index contributed by atoms with van der Waals surface area (Å²) in [6.45, 7) is 14.3. The van der Waals surface area contributed by atoms with Gasteiger partial charge in [0.2, 0.25) is 0 Å². The summed E-state index contributed by atoms with van der Waals surface area (Å²) in [4.78, 5) is 36.2. The Morgan fingerprint density at radius 3 is 0.962 bits per heavy atom. The first-order valence-corrected chi connectivity index (χ1v) is 8.52. The average molecular weight is 422 g/mol. The largest absolute Gasteiger partial charge is 0.480 e. The van der Waals surface area contributed by atoms with Gasteiger partial charge < -0.3 is 25.1 Å². The number of nitrogens with zero attached hydrogens (tertiary/aromatic N) is 3. The molecule has 0 saturated carbocycles. The maximum atomic E-state index is 10.1. The Morgan fingerprint density at radius 2 is 0.808 bits per heavy atom. The zero-order valence-electron chi connectivity index (χ0n) is 16.1. The molecule has 1 radical (unpaired) electrons. The van der Waals surface area contributed by atoms with Gasteiger partial charge in [0, 0.05) is 29.9 Å². The molecule has 0 atom stereocenters. The summed E-state index contributed by atoms with van der Waals surface area (Å²) in [6.07, 6.45) is 0. The van der Waals surface area contributed by atoms with Crippen molar-refractivity contribution in [1.29, 1.82) is 0 Å². The molecule has 0 fully saturated rings. The van der Waals surface area contributed by atoms with Crippen molar-refractivity contribution in [2.75, 3.05) is 58.9 Å². The first-order chi connectivity index (χ1) is 11.7. The van der Waals surface area contributed by atoms with Crippen molar-refractivity contribution in [3.8, 4) is 0 Å². The van der Waals surface area contributed by atoms with Crippen LogP contribution in [0, 0.1) is 0 Å². The fourth-order valence-corrected chi connectivity index (χ4v) is 2.10. The summed E-state index contributed by atoms with van der Waals surface area (Å²) >= 11 is 0. The minimum Gasteiger partial charge on any atom is -0.480 e. The second kappa shape index (κ2) is 18.6. The van der Waals surface area contributed by atoms with E-state index < -0.39 is 37.5 Å². The number of rotatable bonds is 13. The molecule has 0 amide bonds. The van der Waals surface area contributed by atoms with Crippen LogP contribution in [0.25, 0.3) is 0 Å². The van der Waals surface area contributed by atoms with Gasteiger partial charge in [0.05, 0.1) is 19.6 Å². The molecule has 0 aromatic rings. The third-order valence-corrected chi connectivity index (χ3v) is 3.60. The van der Waals surface area contributed by atoms with Crippen LogP contribution >= 0.6 is 0 Å². The summed E-state index contributed by atoms with van der Waals surface area (Å²) in [6, 6.07) is 0. The van der Waals surface area contributed by atoms with Crippen LogP contribution in [0.5, 0.6) is 0 Å². The summed E-state index contributed by atoms with van der Waals surface area (Å²) in [7, 11) is 0. The zero-order chi connectivity index (χ0) is 19.8.